The number of pyridine rings is 1. The molecule has 2 heterocycles. The molecule has 110 valence electrons. The van der Waals surface area contributed by atoms with Gasteiger partial charge in [-0.05, 0) is 29.9 Å². The number of hydrogen-bond acceptors (Lipinski definition) is 3. The summed E-state index contributed by atoms with van der Waals surface area (Å²) in [7, 11) is 0. The average Bonchev–Trinajstić information content (AvgIpc) is 2.84. The summed E-state index contributed by atoms with van der Waals surface area (Å²) >= 11 is 0. The summed E-state index contributed by atoms with van der Waals surface area (Å²) in [6.45, 7) is 8.57. The van der Waals surface area contributed by atoms with E-state index < -0.39 is 5.97 Å². The second-order valence-electron chi connectivity index (χ2n) is 6.06. The van der Waals surface area contributed by atoms with Crippen molar-refractivity contribution in [3.05, 3.63) is 29.6 Å². The Morgan fingerprint density at radius 1 is 1.45 bits per heavy atom. The molecule has 4 nitrogen and oxygen atoms in total. The molecule has 1 aromatic rings. The fourth-order valence-corrected chi connectivity index (χ4v) is 2.97. The van der Waals surface area contributed by atoms with E-state index in [0.717, 1.165) is 25.2 Å². The Bertz CT molecular complexity index is 456. The molecule has 1 fully saturated rings. The third-order valence-electron chi connectivity index (χ3n) is 4.29. The number of carboxylic acids is 1. The van der Waals surface area contributed by atoms with Gasteiger partial charge in [0.2, 0.25) is 0 Å². The number of carboxylic acid groups (broad SMARTS) is 1. The SMILES string of the molecule is CCc1ccc(CN2C[C@@H](C(=O)O)[C@H](C(C)C)C2)nc1. The fourth-order valence-electron chi connectivity index (χ4n) is 2.97. The molecule has 0 saturated carbocycles. The van der Waals surface area contributed by atoms with E-state index in [0.29, 0.717) is 12.5 Å². The standard InChI is InChI=1S/C16H24N2O2/c1-4-12-5-6-13(17-7-12)8-18-9-14(11(2)3)15(10-18)16(19)20/h5-7,11,14-15H,4,8-10H2,1-3H3,(H,19,20)/t14-,15+/m0/s1. The number of aryl methyl sites for hydroxylation is 1. The van der Waals surface area contributed by atoms with Crippen LogP contribution >= 0.6 is 0 Å². The summed E-state index contributed by atoms with van der Waals surface area (Å²) in [5.74, 6) is -0.274. The minimum absolute atomic E-state index is 0.238. The monoisotopic (exact) mass is 276 g/mol. The molecule has 0 bridgehead atoms. The van der Waals surface area contributed by atoms with Crippen molar-refractivity contribution in [1.29, 1.82) is 0 Å². The van der Waals surface area contributed by atoms with Gasteiger partial charge in [0.05, 0.1) is 11.6 Å². The van der Waals surface area contributed by atoms with Crippen LogP contribution in [0.25, 0.3) is 0 Å². The number of nitrogens with zero attached hydrogens (tertiary/aromatic N) is 2. The Labute approximate surface area is 120 Å². The lowest BCUT2D eigenvalue weighted by atomic mass is 9.86. The van der Waals surface area contributed by atoms with Gasteiger partial charge in [0.1, 0.15) is 0 Å². The first-order valence-corrected chi connectivity index (χ1v) is 7.40. The van der Waals surface area contributed by atoms with Crippen LogP contribution in [0.1, 0.15) is 32.0 Å². The van der Waals surface area contributed by atoms with Gasteiger partial charge in [0.15, 0.2) is 0 Å². The van der Waals surface area contributed by atoms with Crippen molar-refractivity contribution >= 4 is 5.97 Å². The summed E-state index contributed by atoms with van der Waals surface area (Å²) < 4.78 is 0. The number of carbonyl (C=O) groups is 1. The number of likely N-dealkylation sites (tertiary alicyclic amines) is 1. The number of rotatable bonds is 5. The van der Waals surface area contributed by atoms with Crippen LogP contribution < -0.4 is 0 Å². The first kappa shape index (κ1) is 15.0. The summed E-state index contributed by atoms with van der Waals surface area (Å²) in [5, 5.41) is 9.34. The highest BCUT2D eigenvalue weighted by atomic mass is 16.4. The van der Waals surface area contributed by atoms with Crippen molar-refractivity contribution in [2.24, 2.45) is 17.8 Å². The molecule has 1 aromatic heterocycles. The minimum Gasteiger partial charge on any atom is -0.481 e. The van der Waals surface area contributed by atoms with Crippen LogP contribution in [0, 0.1) is 17.8 Å². The van der Waals surface area contributed by atoms with Gasteiger partial charge in [-0.3, -0.25) is 14.7 Å². The maximum Gasteiger partial charge on any atom is 0.308 e. The Morgan fingerprint density at radius 2 is 2.20 bits per heavy atom. The Morgan fingerprint density at radius 3 is 2.65 bits per heavy atom. The lowest BCUT2D eigenvalue weighted by Gasteiger charge is -2.18. The summed E-state index contributed by atoms with van der Waals surface area (Å²) in [4.78, 5) is 18.0. The second kappa shape index (κ2) is 6.35. The lowest BCUT2D eigenvalue weighted by molar-refractivity contribution is -0.143. The van der Waals surface area contributed by atoms with E-state index in [4.69, 9.17) is 0 Å². The molecular weight excluding hydrogens is 252 g/mol. The van der Waals surface area contributed by atoms with Crippen LogP contribution in [0.15, 0.2) is 18.3 Å². The average molecular weight is 276 g/mol. The van der Waals surface area contributed by atoms with Crippen molar-refractivity contribution in [1.82, 2.24) is 9.88 Å². The molecule has 1 aliphatic rings. The Hall–Kier alpha value is -1.42. The van der Waals surface area contributed by atoms with Crippen LogP contribution in [0.5, 0.6) is 0 Å². The first-order valence-electron chi connectivity index (χ1n) is 7.40. The highest BCUT2D eigenvalue weighted by Crippen LogP contribution is 2.30. The van der Waals surface area contributed by atoms with Crippen LogP contribution in [0.4, 0.5) is 0 Å². The van der Waals surface area contributed by atoms with E-state index in [2.05, 4.69) is 42.8 Å². The van der Waals surface area contributed by atoms with Gasteiger partial charge in [-0.1, -0.05) is 26.8 Å². The van der Waals surface area contributed by atoms with Crippen molar-refractivity contribution in [3.63, 3.8) is 0 Å². The van der Waals surface area contributed by atoms with E-state index in [-0.39, 0.29) is 11.8 Å². The maximum atomic E-state index is 11.4. The van der Waals surface area contributed by atoms with E-state index >= 15 is 0 Å². The topological polar surface area (TPSA) is 53.4 Å². The normalized spacial score (nSPS) is 23.4. The minimum atomic E-state index is -0.666. The molecule has 0 amide bonds. The zero-order valence-corrected chi connectivity index (χ0v) is 12.5. The molecule has 4 heteroatoms. The first-order chi connectivity index (χ1) is 9.51. The molecule has 0 aliphatic carbocycles. The summed E-state index contributed by atoms with van der Waals surface area (Å²) in [5.41, 5.74) is 2.26. The van der Waals surface area contributed by atoms with Crippen molar-refractivity contribution in [2.75, 3.05) is 13.1 Å². The molecule has 1 N–H and O–H groups in total. The zero-order valence-electron chi connectivity index (χ0n) is 12.5. The summed E-state index contributed by atoms with van der Waals surface area (Å²) in [6.07, 6.45) is 2.91. The predicted molar refractivity (Wildman–Crippen MR) is 78.3 cm³/mol. The largest absolute Gasteiger partial charge is 0.481 e. The number of aliphatic carboxylic acids is 1. The van der Waals surface area contributed by atoms with E-state index in [1.165, 1.54) is 5.56 Å². The molecule has 0 unspecified atom stereocenters. The molecule has 20 heavy (non-hydrogen) atoms. The predicted octanol–water partition coefficient (Wildman–Crippen LogP) is 2.43. The van der Waals surface area contributed by atoms with E-state index in [1.54, 1.807) is 0 Å². The third kappa shape index (κ3) is 3.37. The quantitative estimate of drug-likeness (QED) is 0.897. The van der Waals surface area contributed by atoms with Gasteiger partial charge >= 0.3 is 5.97 Å². The van der Waals surface area contributed by atoms with Gasteiger partial charge < -0.3 is 5.11 Å². The molecule has 2 rings (SSSR count). The zero-order chi connectivity index (χ0) is 14.7. The lowest BCUT2D eigenvalue weighted by Crippen LogP contribution is -2.25. The second-order valence-corrected chi connectivity index (χ2v) is 6.06. The molecule has 1 saturated heterocycles. The molecular formula is C16H24N2O2. The Balaban J connectivity index is 2.01. The maximum absolute atomic E-state index is 11.4. The highest BCUT2D eigenvalue weighted by molar-refractivity contribution is 5.71. The molecule has 0 aromatic carbocycles. The van der Waals surface area contributed by atoms with Crippen molar-refractivity contribution in [2.45, 2.75) is 33.7 Å². The molecule has 2 atom stereocenters. The van der Waals surface area contributed by atoms with E-state index in [1.807, 2.05) is 6.20 Å². The highest BCUT2D eigenvalue weighted by Gasteiger charge is 2.39. The van der Waals surface area contributed by atoms with Crippen LogP contribution in [0.2, 0.25) is 0 Å². The molecule has 1 aliphatic heterocycles. The third-order valence-corrected chi connectivity index (χ3v) is 4.29. The van der Waals surface area contributed by atoms with Crippen LogP contribution in [0.3, 0.4) is 0 Å². The Kier molecular flexibility index (Phi) is 4.76. The van der Waals surface area contributed by atoms with Gasteiger partial charge in [0, 0.05) is 25.8 Å². The van der Waals surface area contributed by atoms with E-state index in [9.17, 15) is 9.90 Å². The number of aromatic nitrogens is 1. The molecule has 0 spiro atoms. The summed E-state index contributed by atoms with van der Waals surface area (Å²) in [6, 6.07) is 4.16. The van der Waals surface area contributed by atoms with Crippen molar-refractivity contribution < 1.29 is 9.90 Å². The van der Waals surface area contributed by atoms with Gasteiger partial charge in [-0.25, -0.2) is 0 Å². The van der Waals surface area contributed by atoms with Crippen LogP contribution in [-0.4, -0.2) is 34.0 Å². The smallest absolute Gasteiger partial charge is 0.308 e. The van der Waals surface area contributed by atoms with Gasteiger partial charge in [0.25, 0.3) is 0 Å². The van der Waals surface area contributed by atoms with Gasteiger partial charge in [-0.15, -0.1) is 0 Å². The van der Waals surface area contributed by atoms with Crippen LogP contribution in [-0.2, 0) is 17.8 Å². The van der Waals surface area contributed by atoms with Gasteiger partial charge in [-0.2, -0.15) is 0 Å². The molecule has 0 radical (unpaired) electrons. The van der Waals surface area contributed by atoms with Crippen molar-refractivity contribution in [3.8, 4) is 0 Å². The fraction of sp³-hybridized carbons (Fsp3) is 0.625. The number of hydrogen-bond donors (Lipinski definition) is 1.